The summed E-state index contributed by atoms with van der Waals surface area (Å²) in [6.45, 7) is 6.04. The fourth-order valence-corrected chi connectivity index (χ4v) is 3.89. The number of carbonyl (C=O) groups excluding carboxylic acids is 1. The van der Waals surface area contributed by atoms with E-state index in [1.165, 1.54) is 12.7 Å². The van der Waals surface area contributed by atoms with Crippen molar-refractivity contribution in [3.05, 3.63) is 29.3 Å². The highest BCUT2D eigenvalue weighted by Gasteiger charge is 2.26. The molecule has 1 heterocycles. The van der Waals surface area contributed by atoms with E-state index in [1.54, 1.807) is 0 Å². The van der Waals surface area contributed by atoms with Crippen LogP contribution < -0.4 is 5.73 Å². The normalized spacial score (nSPS) is 18.1. The highest BCUT2D eigenvalue weighted by atomic mass is 16.5. The van der Waals surface area contributed by atoms with Crippen molar-refractivity contribution in [1.82, 2.24) is 0 Å². The smallest absolute Gasteiger partial charge is 0.306 e. The predicted octanol–water partition coefficient (Wildman–Crippen LogP) is 4.25. The molecule has 0 aliphatic carbocycles. The first-order valence-corrected chi connectivity index (χ1v) is 9.14. The van der Waals surface area contributed by atoms with Crippen molar-refractivity contribution in [3.8, 4) is 0 Å². The van der Waals surface area contributed by atoms with E-state index in [2.05, 4.69) is 32.0 Å². The first-order chi connectivity index (χ1) is 11.6. The molecule has 1 saturated heterocycles. The molecule has 2 N–H and O–H groups in total. The fraction of sp³-hybridized carbons (Fsp3) is 0.650. The highest BCUT2D eigenvalue weighted by molar-refractivity contribution is 5.70. The van der Waals surface area contributed by atoms with Crippen LogP contribution in [-0.2, 0) is 14.3 Å². The van der Waals surface area contributed by atoms with Crippen LogP contribution in [0.1, 0.15) is 68.9 Å². The van der Waals surface area contributed by atoms with Gasteiger partial charge in [-0.2, -0.15) is 0 Å². The van der Waals surface area contributed by atoms with Gasteiger partial charge in [0.1, 0.15) is 0 Å². The number of hydrogen-bond donors (Lipinski definition) is 1. The summed E-state index contributed by atoms with van der Waals surface area (Å²) in [6, 6.07) is 6.38. The minimum atomic E-state index is -0.168. The molecule has 1 aromatic rings. The second-order valence-corrected chi connectivity index (χ2v) is 6.74. The Kier molecular flexibility index (Phi) is 7.10. The molecule has 0 radical (unpaired) electrons. The van der Waals surface area contributed by atoms with Gasteiger partial charge in [-0.25, -0.2) is 0 Å². The summed E-state index contributed by atoms with van der Waals surface area (Å²) in [4.78, 5) is 11.6. The number of hydrogen-bond acceptors (Lipinski definition) is 4. The minimum Gasteiger partial charge on any atom is -0.469 e. The summed E-state index contributed by atoms with van der Waals surface area (Å²) in [6.07, 6.45) is 4.61. The first kappa shape index (κ1) is 18.8. The zero-order chi connectivity index (χ0) is 17.5. The third-order valence-corrected chi connectivity index (χ3v) is 5.39. The van der Waals surface area contributed by atoms with Gasteiger partial charge >= 0.3 is 5.97 Å². The SMILES string of the molecule is CCC(CC(=O)OC)c1ccc(C(CC)C2CCOCC2)c(N)c1. The van der Waals surface area contributed by atoms with Gasteiger partial charge in [0.25, 0.3) is 0 Å². The Morgan fingerprint density at radius 2 is 2.00 bits per heavy atom. The van der Waals surface area contributed by atoms with Gasteiger partial charge in [-0.15, -0.1) is 0 Å². The Morgan fingerprint density at radius 1 is 1.29 bits per heavy atom. The zero-order valence-corrected chi connectivity index (χ0v) is 15.2. The van der Waals surface area contributed by atoms with Crippen molar-refractivity contribution in [2.24, 2.45) is 5.92 Å². The lowest BCUT2D eigenvalue weighted by Gasteiger charge is -2.31. The lowest BCUT2D eigenvalue weighted by Crippen LogP contribution is -2.22. The number of methoxy groups -OCH3 is 1. The van der Waals surface area contributed by atoms with Gasteiger partial charge in [0.2, 0.25) is 0 Å². The van der Waals surface area contributed by atoms with Gasteiger partial charge in [-0.1, -0.05) is 26.0 Å². The Balaban J connectivity index is 2.19. The molecule has 2 rings (SSSR count). The average molecular weight is 333 g/mol. The molecule has 4 nitrogen and oxygen atoms in total. The van der Waals surface area contributed by atoms with Crippen LogP contribution in [0.5, 0.6) is 0 Å². The number of nitrogens with two attached hydrogens (primary N) is 1. The molecule has 0 spiro atoms. The summed E-state index contributed by atoms with van der Waals surface area (Å²) in [5.41, 5.74) is 9.65. The Labute approximate surface area is 145 Å². The van der Waals surface area contributed by atoms with Crippen LogP contribution in [0.4, 0.5) is 5.69 Å². The maximum atomic E-state index is 11.6. The molecule has 134 valence electrons. The Morgan fingerprint density at radius 3 is 2.54 bits per heavy atom. The first-order valence-electron chi connectivity index (χ1n) is 9.14. The number of ether oxygens (including phenoxy) is 2. The second kappa shape index (κ2) is 9.07. The van der Waals surface area contributed by atoms with E-state index in [4.69, 9.17) is 15.2 Å². The summed E-state index contributed by atoms with van der Waals surface area (Å²) in [5, 5.41) is 0. The van der Waals surface area contributed by atoms with Crippen molar-refractivity contribution in [1.29, 1.82) is 0 Å². The summed E-state index contributed by atoms with van der Waals surface area (Å²) >= 11 is 0. The van der Waals surface area contributed by atoms with E-state index in [0.29, 0.717) is 18.3 Å². The lowest BCUT2D eigenvalue weighted by atomic mass is 9.78. The topological polar surface area (TPSA) is 61.5 Å². The molecule has 2 atom stereocenters. The quantitative estimate of drug-likeness (QED) is 0.599. The van der Waals surface area contributed by atoms with Gasteiger partial charge in [0.15, 0.2) is 0 Å². The van der Waals surface area contributed by atoms with E-state index in [0.717, 1.165) is 50.1 Å². The second-order valence-electron chi connectivity index (χ2n) is 6.74. The third-order valence-electron chi connectivity index (χ3n) is 5.39. The van der Waals surface area contributed by atoms with E-state index in [-0.39, 0.29) is 11.9 Å². The maximum absolute atomic E-state index is 11.6. The van der Waals surface area contributed by atoms with E-state index in [9.17, 15) is 4.79 Å². The van der Waals surface area contributed by atoms with Crippen LogP contribution in [0.3, 0.4) is 0 Å². The molecular weight excluding hydrogens is 302 g/mol. The molecule has 4 heteroatoms. The van der Waals surface area contributed by atoms with E-state index >= 15 is 0 Å². The van der Waals surface area contributed by atoms with Crippen molar-refractivity contribution in [2.75, 3.05) is 26.1 Å². The van der Waals surface area contributed by atoms with Crippen molar-refractivity contribution in [2.45, 2.75) is 57.8 Å². The van der Waals surface area contributed by atoms with Crippen molar-refractivity contribution >= 4 is 11.7 Å². The van der Waals surface area contributed by atoms with Gasteiger partial charge < -0.3 is 15.2 Å². The van der Waals surface area contributed by atoms with Crippen LogP contribution in [0.15, 0.2) is 18.2 Å². The number of benzene rings is 1. The number of rotatable bonds is 7. The molecule has 0 aromatic heterocycles. The van der Waals surface area contributed by atoms with Crippen LogP contribution in [-0.4, -0.2) is 26.3 Å². The average Bonchev–Trinajstić information content (AvgIpc) is 2.62. The molecule has 1 aliphatic heterocycles. The monoisotopic (exact) mass is 333 g/mol. The maximum Gasteiger partial charge on any atom is 0.306 e. The summed E-state index contributed by atoms with van der Waals surface area (Å²) in [7, 11) is 1.44. The summed E-state index contributed by atoms with van der Waals surface area (Å²) < 4.78 is 10.3. The lowest BCUT2D eigenvalue weighted by molar-refractivity contribution is -0.141. The number of carbonyl (C=O) groups is 1. The Hall–Kier alpha value is -1.55. The molecule has 2 unspecified atom stereocenters. The van der Waals surface area contributed by atoms with Gasteiger partial charge in [-0.05, 0) is 60.6 Å². The van der Waals surface area contributed by atoms with Gasteiger partial charge in [0.05, 0.1) is 13.5 Å². The van der Waals surface area contributed by atoms with Crippen molar-refractivity contribution < 1.29 is 14.3 Å². The molecule has 0 amide bonds. The van der Waals surface area contributed by atoms with Crippen LogP contribution >= 0.6 is 0 Å². The molecule has 0 saturated carbocycles. The van der Waals surface area contributed by atoms with Crippen molar-refractivity contribution in [3.63, 3.8) is 0 Å². The largest absolute Gasteiger partial charge is 0.469 e. The predicted molar refractivity (Wildman–Crippen MR) is 97.1 cm³/mol. The number of esters is 1. The molecule has 1 fully saturated rings. The van der Waals surface area contributed by atoms with E-state index in [1.807, 2.05) is 0 Å². The standard InChI is InChI=1S/C20H31NO3/c1-4-14(13-20(22)23-3)16-6-7-18(19(21)12-16)17(5-2)15-8-10-24-11-9-15/h6-7,12,14-15,17H,4-5,8-11,13,21H2,1-3H3. The minimum absolute atomic E-state index is 0.164. The van der Waals surface area contributed by atoms with E-state index < -0.39 is 0 Å². The van der Waals surface area contributed by atoms with Crippen LogP contribution in [0.2, 0.25) is 0 Å². The third kappa shape index (κ3) is 4.50. The number of anilines is 1. The molecule has 1 aromatic carbocycles. The van der Waals surface area contributed by atoms with Crippen LogP contribution in [0.25, 0.3) is 0 Å². The molecule has 1 aliphatic rings. The zero-order valence-electron chi connectivity index (χ0n) is 15.2. The van der Waals surface area contributed by atoms with Gasteiger partial charge in [0, 0.05) is 18.9 Å². The van der Waals surface area contributed by atoms with Crippen LogP contribution in [0, 0.1) is 5.92 Å². The molecular formula is C20H31NO3. The fourth-order valence-electron chi connectivity index (χ4n) is 3.89. The number of nitrogen functional groups attached to an aromatic ring is 1. The summed E-state index contributed by atoms with van der Waals surface area (Å²) in [5.74, 6) is 1.13. The Bertz CT molecular complexity index is 538. The molecule has 0 bridgehead atoms. The molecule has 24 heavy (non-hydrogen) atoms. The highest BCUT2D eigenvalue weighted by Crippen LogP contribution is 2.38. The van der Waals surface area contributed by atoms with Gasteiger partial charge in [-0.3, -0.25) is 4.79 Å².